The molecule has 0 spiro atoms. The number of ether oxygens (including phenoxy) is 5. The molecule has 0 aromatic heterocycles. The number of aliphatic hydroxyl groups excluding tert-OH is 2. The minimum Gasteiger partial charge on any atom is -0.478 e. The van der Waals surface area contributed by atoms with E-state index in [1.807, 2.05) is 0 Å². The fourth-order valence-electron chi connectivity index (χ4n) is 12.9. The molecule has 7 aromatic carbocycles. The number of nitrogens with two attached hydrogens (primary N) is 1. The van der Waals surface area contributed by atoms with Gasteiger partial charge in [-0.2, -0.15) is 0 Å². The van der Waals surface area contributed by atoms with E-state index in [4.69, 9.17) is 34.9 Å². The Hall–Kier alpha value is -7.71. The van der Waals surface area contributed by atoms with Gasteiger partial charge in [-0.1, -0.05) is 78.2 Å². The van der Waals surface area contributed by atoms with Gasteiger partial charge in [-0.3, -0.25) is 24.0 Å². The van der Waals surface area contributed by atoms with Crippen molar-refractivity contribution in [1.82, 2.24) is 19.6 Å². The van der Waals surface area contributed by atoms with Crippen LogP contribution in [0.2, 0.25) is 0 Å². The van der Waals surface area contributed by atoms with Crippen LogP contribution >= 0.6 is 69.1 Å². The van der Waals surface area contributed by atoms with Crippen LogP contribution in [0.15, 0.2) is 148 Å². The van der Waals surface area contributed by atoms with Gasteiger partial charge in [-0.05, 0) is 215 Å². The van der Waals surface area contributed by atoms with Crippen LogP contribution in [-0.2, 0) is 49.4 Å². The normalized spacial score (nSPS) is 15.0. The number of amides is 4. The number of halogens is 9. The van der Waals surface area contributed by atoms with Crippen molar-refractivity contribution < 1.29 is 104 Å². The highest BCUT2D eigenvalue weighted by molar-refractivity contribution is 15.0. The molecule has 6 N–H and O–H groups in total. The zero-order chi connectivity index (χ0) is 82.1. The topological polar surface area (TPSA) is 303 Å². The zero-order valence-electron chi connectivity index (χ0n) is 62.0. The van der Waals surface area contributed by atoms with E-state index in [-0.39, 0.29) is 109 Å². The van der Waals surface area contributed by atoms with E-state index in [1.54, 1.807) is 31.7 Å². The standard InChI is InChI=1S/C26H30FNO4.C13H14FNO4.C13H19NO.C12H12FNO4.C11H11BrFNO2.C7H4BrFO2.4CH4.I2/c27-24-17-21(26(31)28-11-13-32-14-12-28)6-9-23(24)25(30)10-8-22(29)7-5-18-15-19-3-1-2-4-20(19)16-18;1-18-13(17)10-3-2-9(8-11(10)14)12(16)15-4-6-19-7-5-15;14-9-13(15)6-5-10-7-11-3-1-2-4-12(11)8-10;13-10-7-8(1-2-9(10)12(16)17)11(15)14-3-5-18-6-4-14;12-9-2-1-8(7-10(9)13)11(15)14-3-5-16-6-4-14;8-5-2-1-4(7(10)11)3-6(5)9;;;;;1-2/h1-4,6,9,17-18,22,29H,5,7-8,10-16H2;2-3,8H,4-7H2,1H3;1-4,10,13,15H,5-9,14H2;1-2,7H,3-6H2,(H,16,17);1-2,7H,3-6H2;1-3H,(H,10,11);4*1H4;. The van der Waals surface area contributed by atoms with Crippen LogP contribution in [0.25, 0.3) is 0 Å². The number of benzene rings is 7. The molecule has 4 saturated heterocycles. The highest BCUT2D eigenvalue weighted by Crippen LogP contribution is 2.32. The number of morpholine rings is 4. The van der Waals surface area contributed by atoms with Crippen LogP contribution in [0, 0.1) is 40.9 Å². The van der Waals surface area contributed by atoms with Crippen LogP contribution in [0.1, 0.15) is 173 Å². The van der Waals surface area contributed by atoms with Crippen molar-refractivity contribution in [1.29, 1.82) is 0 Å². The van der Waals surface area contributed by atoms with Crippen molar-refractivity contribution in [3.8, 4) is 0 Å². The molecule has 13 rings (SSSR count). The number of carboxylic acids is 2. The Kier molecular flexibility index (Phi) is 47.5. The Morgan fingerprint density at radius 3 is 1.02 bits per heavy atom. The molecule has 7 aromatic rings. The summed E-state index contributed by atoms with van der Waals surface area (Å²) in [7, 11) is 1.18. The largest absolute Gasteiger partial charge is 0.478 e. The summed E-state index contributed by atoms with van der Waals surface area (Å²) >= 11 is 10.2. The molecular formula is C86H106Br2F5I2N5O17. The SMILES string of the molecule is C.C.C.C.COC(=O)c1ccc(C(=O)N2CCOCC2)cc1F.II.NCC(O)CCC1Cc2ccccc2C1.O=C(CCC(O)CCC1Cc2ccccc2C1)c1ccc(C(=O)N2CCOCC2)cc1F.O=C(O)c1ccc(Br)c(F)c1.O=C(O)c1ccc(C(=O)N2CCOCC2)cc1F.O=C(c1ccc(Br)c(F)c1)N1CCOCC1. The van der Waals surface area contributed by atoms with Crippen LogP contribution < -0.4 is 5.73 Å². The van der Waals surface area contributed by atoms with E-state index in [0.29, 0.717) is 146 Å². The highest BCUT2D eigenvalue weighted by Gasteiger charge is 2.28. The lowest BCUT2D eigenvalue weighted by molar-refractivity contribution is 0.0301. The first kappa shape index (κ1) is 103. The second-order valence-electron chi connectivity index (χ2n) is 26.8. The second-order valence-corrected chi connectivity index (χ2v) is 28.5. The maximum atomic E-state index is 14.6. The number of ketones is 1. The number of nitrogens with zero attached hydrogens (tertiary/aromatic N) is 4. The number of carboxylic acid groups (broad SMARTS) is 2. The van der Waals surface area contributed by atoms with E-state index in [1.165, 1.54) is 90.7 Å². The van der Waals surface area contributed by atoms with Crippen LogP contribution in [0.4, 0.5) is 22.0 Å². The molecule has 0 radical (unpaired) electrons. The molecule has 2 unspecified atom stereocenters. The number of carbonyl (C=O) groups excluding carboxylic acids is 6. The molecule has 4 heterocycles. The van der Waals surface area contributed by atoms with Gasteiger partial charge in [0.25, 0.3) is 23.6 Å². The number of rotatable bonds is 18. The third kappa shape index (κ3) is 32.4. The first-order valence-corrected chi connectivity index (χ1v) is 44.4. The Balaban J connectivity index is 0.000000371. The second kappa shape index (κ2) is 53.7. The van der Waals surface area contributed by atoms with Crippen molar-refractivity contribution in [2.45, 2.75) is 106 Å². The van der Waals surface area contributed by atoms with Gasteiger partial charge >= 0.3 is 17.9 Å². The molecule has 0 bridgehead atoms. The third-order valence-corrected chi connectivity index (χ3v) is 20.5. The Labute approximate surface area is 721 Å². The molecule has 4 fully saturated rings. The van der Waals surface area contributed by atoms with Crippen LogP contribution in [-0.4, -0.2) is 218 Å². The quantitative estimate of drug-likeness (QED) is 0.0231. The van der Waals surface area contributed by atoms with Gasteiger partial charge in [-0.15, -0.1) is 0 Å². The van der Waals surface area contributed by atoms with Crippen molar-refractivity contribution in [3.05, 3.63) is 244 Å². The summed E-state index contributed by atoms with van der Waals surface area (Å²) in [5.74, 6) is -6.64. The Bertz CT molecular complexity index is 4310. The number of esters is 1. The molecule has 4 amide bonds. The summed E-state index contributed by atoms with van der Waals surface area (Å²) < 4.78 is 93.3. The third-order valence-electron chi connectivity index (χ3n) is 19.2. The maximum absolute atomic E-state index is 14.6. The molecule has 640 valence electrons. The minimum absolute atomic E-state index is 0. The van der Waals surface area contributed by atoms with Gasteiger partial charge in [0.1, 0.15) is 29.1 Å². The maximum Gasteiger partial charge on any atom is 0.340 e. The highest BCUT2D eigenvalue weighted by atomic mass is 128. The van der Waals surface area contributed by atoms with Gasteiger partial charge in [0.2, 0.25) is 0 Å². The Morgan fingerprint density at radius 1 is 0.427 bits per heavy atom. The number of fused-ring (bicyclic) bond motifs is 2. The van der Waals surface area contributed by atoms with E-state index in [2.05, 4.69) is 122 Å². The molecular weight excluding hydrogens is 1880 g/mol. The first-order chi connectivity index (χ1) is 54.3. The molecule has 117 heavy (non-hydrogen) atoms. The number of aromatic carboxylic acids is 2. The summed E-state index contributed by atoms with van der Waals surface area (Å²) in [6.07, 6.45) is 7.43. The number of aliphatic hydroxyl groups is 2. The predicted molar refractivity (Wildman–Crippen MR) is 462 cm³/mol. The van der Waals surface area contributed by atoms with E-state index >= 15 is 0 Å². The number of methoxy groups -OCH3 is 1. The van der Waals surface area contributed by atoms with E-state index in [9.17, 15) is 70.5 Å². The molecule has 31 heteroatoms. The van der Waals surface area contributed by atoms with Gasteiger partial charge in [0.15, 0.2) is 5.78 Å². The average molecular weight is 1990 g/mol. The smallest absolute Gasteiger partial charge is 0.340 e. The fourth-order valence-corrected chi connectivity index (χ4v) is 13.4. The van der Waals surface area contributed by atoms with Crippen molar-refractivity contribution >= 4 is 116 Å². The number of Topliss-reactive ketones (excluding diaryl/α,β-unsaturated/α-hetero) is 1. The molecule has 0 saturated carbocycles. The molecule has 6 aliphatic rings. The lowest BCUT2D eigenvalue weighted by Crippen LogP contribution is -2.40. The number of carbonyl (C=O) groups is 8. The average Bonchev–Trinajstić information content (AvgIpc) is 1.59. The van der Waals surface area contributed by atoms with Crippen LogP contribution in [0.3, 0.4) is 0 Å². The number of hydrogen-bond donors (Lipinski definition) is 5. The molecule has 2 aliphatic carbocycles. The van der Waals surface area contributed by atoms with Gasteiger partial charge < -0.3 is 69.4 Å². The summed E-state index contributed by atoms with van der Waals surface area (Å²) in [5, 5.41) is 36.9. The molecule has 2 atom stereocenters. The van der Waals surface area contributed by atoms with E-state index in [0.717, 1.165) is 62.4 Å². The van der Waals surface area contributed by atoms with Crippen LogP contribution in [0.5, 0.6) is 0 Å². The summed E-state index contributed by atoms with van der Waals surface area (Å²) in [4.78, 5) is 99.6. The zero-order valence-corrected chi connectivity index (χ0v) is 69.5. The summed E-state index contributed by atoms with van der Waals surface area (Å²) in [6.45, 7) is 8.29. The summed E-state index contributed by atoms with van der Waals surface area (Å²) in [6, 6.07) is 36.3. The van der Waals surface area contributed by atoms with Crippen molar-refractivity contribution in [2.24, 2.45) is 17.6 Å². The van der Waals surface area contributed by atoms with Crippen molar-refractivity contribution in [2.75, 3.05) is 119 Å². The van der Waals surface area contributed by atoms with Gasteiger partial charge in [0.05, 0.1) is 103 Å². The van der Waals surface area contributed by atoms with E-state index < -0.39 is 58.7 Å². The minimum atomic E-state index is -1.35. The van der Waals surface area contributed by atoms with Crippen molar-refractivity contribution in [3.63, 3.8) is 0 Å². The monoisotopic (exact) mass is 1990 g/mol. The first-order valence-electron chi connectivity index (χ1n) is 36.5. The lowest BCUT2D eigenvalue weighted by Gasteiger charge is -2.26. The molecule has 4 aliphatic heterocycles. The van der Waals surface area contributed by atoms with Gasteiger partial charge in [-0.25, -0.2) is 36.3 Å². The fraction of sp³-hybridized carbons (Fsp3) is 0.419. The summed E-state index contributed by atoms with van der Waals surface area (Å²) in [5.41, 5.74) is 11.5. The number of hydrogen-bond acceptors (Lipinski definition) is 16. The van der Waals surface area contributed by atoms with Gasteiger partial charge in [0, 0.05) is 125 Å². The lowest BCUT2D eigenvalue weighted by atomic mass is 9.95. The Morgan fingerprint density at radius 2 is 0.718 bits per heavy atom. The molecule has 22 nitrogen and oxygen atoms in total. The predicted octanol–water partition coefficient (Wildman–Crippen LogP) is 16.1.